The predicted molar refractivity (Wildman–Crippen MR) is 106 cm³/mol. The molecule has 0 radical (unpaired) electrons. The minimum Gasteiger partial charge on any atom is -0.452 e. The Labute approximate surface area is 167 Å². The normalized spacial score (nSPS) is 13.6. The fourth-order valence-electron chi connectivity index (χ4n) is 3.25. The molecule has 3 rings (SSSR count). The van der Waals surface area contributed by atoms with E-state index in [9.17, 15) is 19.7 Å². The largest absolute Gasteiger partial charge is 0.452 e. The molecule has 0 unspecified atom stereocenters. The van der Waals surface area contributed by atoms with Crippen LogP contribution in [0.4, 0.5) is 17.2 Å². The van der Waals surface area contributed by atoms with Crippen LogP contribution in [0.5, 0.6) is 0 Å². The van der Waals surface area contributed by atoms with Gasteiger partial charge in [0, 0.05) is 37.3 Å². The molecule has 2 heterocycles. The number of nitro benzene ring substituents is 1. The number of rotatable bonds is 7. The minimum atomic E-state index is -0.775. The summed E-state index contributed by atoms with van der Waals surface area (Å²) in [5.41, 5.74) is 0.461. The van der Waals surface area contributed by atoms with Crippen LogP contribution >= 0.6 is 0 Å². The summed E-state index contributed by atoms with van der Waals surface area (Å²) in [6.07, 6.45) is 3.53. The third-order valence-corrected chi connectivity index (χ3v) is 4.62. The second-order valence-corrected chi connectivity index (χ2v) is 7.03. The Kier molecular flexibility index (Phi) is 6.10. The molecule has 1 aromatic heterocycles. The Balaban J connectivity index is 1.70. The highest BCUT2D eigenvalue weighted by Crippen LogP contribution is 2.29. The van der Waals surface area contributed by atoms with Crippen molar-refractivity contribution in [3.05, 3.63) is 46.1 Å². The predicted octanol–water partition coefficient (Wildman–Crippen LogP) is 2.77. The van der Waals surface area contributed by atoms with E-state index >= 15 is 0 Å². The van der Waals surface area contributed by atoms with Gasteiger partial charge in [0.25, 0.3) is 11.6 Å². The molecular formula is C19H23N5O5. The molecule has 1 N–H and O–H groups in total. The van der Waals surface area contributed by atoms with E-state index in [2.05, 4.69) is 10.4 Å². The molecule has 0 atom stereocenters. The minimum absolute atomic E-state index is 0.0516. The Morgan fingerprint density at radius 1 is 1.28 bits per heavy atom. The highest BCUT2D eigenvalue weighted by atomic mass is 16.6. The van der Waals surface area contributed by atoms with Crippen molar-refractivity contribution in [2.24, 2.45) is 0 Å². The van der Waals surface area contributed by atoms with Crippen LogP contribution in [0.2, 0.25) is 0 Å². The number of amides is 1. The molecule has 1 aliphatic rings. The third kappa shape index (κ3) is 4.71. The van der Waals surface area contributed by atoms with Gasteiger partial charge in [-0.1, -0.05) is 0 Å². The second-order valence-electron chi connectivity index (χ2n) is 7.03. The molecule has 154 valence electrons. The van der Waals surface area contributed by atoms with Gasteiger partial charge in [-0.3, -0.25) is 14.9 Å². The van der Waals surface area contributed by atoms with Gasteiger partial charge in [-0.05, 0) is 32.8 Å². The maximum absolute atomic E-state index is 12.6. The Hall–Kier alpha value is -3.43. The zero-order valence-electron chi connectivity index (χ0n) is 16.3. The number of nitrogens with zero attached hydrogens (tertiary/aromatic N) is 4. The van der Waals surface area contributed by atoms with Crippen molar-refractivity contribution in [2.45, 2.75) is 32.7 Å². The number of ether oxygens (including phenoxy) is 1. The maximum Gasteiger partial charge on any atom is 0.341 e. The smallest absolute Gasteiger partial charge is 0.341 e. The fourth-order valence-corrected chi connectivity index (χ4v) is 3.25. The van der Waals surface area contributed by atoms with Gasteiger partial charge >= 0.3 is 5.97 Å². The van der Waals surface area contributed by atoms with Crippen molar-refractivity contribution in [2.75, 3.05) is 29.9 Å². The summed E-state index contributed by atoms with van der Waals surface area (Å²) >= 11 is 0. The summed E-state index contributed by atoms with van der Waals surface area (Å²) in [5.74, 6) is -0.800. The highest BCUT2D eigenvalue weighted by Gasteiger charge is 2.24. The van der Waals surface area contributed by atoms with E-state index in [1.165, 1.54) is 12.1 Å². The van der Waals surface area contributed by atoms with Crippen LogP contribution in [0, 0.1) is 10.1 Å². The van der Waals surface area contributed by atoms with E-state index in [1.807, 2.05) is 18.7 Å². The zero-order valence-corrected chi connectivity index (χ0v) is 16.3. The molecule has 1 fully saturated rings. The number of non-ortho nitro benzene ring substituents is 1. The molecule has 1 aliphatic heterocycles. The van der Waals surface area contributed by atoms with Crippen LogP contribution in [0.1, 0.15) is 43.1 Å². The topological polar surface area (TPSA) is 120 Å². The fraction of sp³-hybridized carbons (Fsp3) is 0.421. The van der Waals surface area contributed by atoms with Gasteiger partial charge in [0.05, 0.1) is 22.4 Å². The Morgan fingerprint density at radius 2 is 2.00 bits per heavy atom. The van der Waals surface area contributed by atoms with Crippen LogP contribution < -0.4 is 10.2 Å². The molecule has 29 heavy (non-hydrogen) atoms. The SMILES string of the molecule is CC(C)n1nccc1NC(=O)COC(=O)c1cc([N+](=O)[O-])ccc1N1CCCC1. The summed E-state index contributed by atoms with van der Waals surface area (Å²) in [7, 11) is 0. The van der Waals surface area contributed by atoms with E-state index in [0.717, 1.165) is 25.9 Å². The van der Waals surface area contributed by atoms with Gasteiger partial charge in [-0.2, -0.15) is 5.10 Å². The number of carbonyl (C=O) groups excluding carboxylic acids is 2. The number of benzene rings is 1. The van der Waals surface area contributed by atoms with Crippen molar-refractivity contribution in [3.8, 4) is 0 Å². The lowest BCUT2D eigenvalue weighted by Crippen LogP contribution is -2.25. The molecule has 10 nitrogen and oxygen atoms in total. The van der Waals surface area contributed by atoms with Gasteiger partial charge in [-0.15, -0.1) is 0 Å². The number of esters is 1. The van der Waals surface area contributed by atoms with Crippen molar-refractivity contribution >= 4 is 29.1 Å². The van der Waals surface area contributed by atoms with Crippen molar-refractivity contribution in [3.63, 3.8) is 0 Å². The van der Waals surface area contributed by atoms with Gasteiger partial charge in [0.15, 0.2) is 6.61 Å². The number of nitrogens with one attached hydrogen (secondary N) is 1. The number of hydrogen-bond donors (Lipinski definition) is 1. The number of carbonyl (C=O) groups is 2. The maximum atomic E-state index is 12.6. The summed E-state index contributed by atoms with van der Waals surface area (Å²) < 4.78 is 6.77. The first-order valence-electron chi connectivity index (χ1n) is 9.40. The van der Waals surface area contributed by atoms with Crippen LogP contribution in [0.3, 0.4) is 0 Å². The Bertz CT molecular complexity index is 917. The molecule has 2 aromatic rings. The van der Waals surface area contributed by atoms with Crippen molar-refractivity contribution in [1.29, 1.82) is 0 Å². The molecule has 0 bridgehead atoms. The summed E-state index contributed by atoms with van der Waals surface area (Å²) in [6, 6.07) is 5.81. The lowest BCUT2D eigenvalue weighted by molar-refractivity contribution is -0.384. The van der Waals surface area contributed by atoms with E-state index < -0.39 is 23.4 Å². The molecule has 10 heteroatoms. The van der Waals surface area contributed by atoms with E-state index in [-0.39, 0.29) is 17.3 Å². The van der Waals surface area contributed by atoms with E-state index in [0.29, 0.717) is 11.5 Å². The van der Waals surface area contributed by atoms with Gasteiger partial charge in [0.1, 0.15) is 5.82 Å². The number of hydrogen-bond acceptors (Lipinski definition) is 7. The summed E-state index contributed by atoms with van der Waals surface area (Å²) in [5, 5.41) is 17.9. The van der Waals surface area contributed by atoms with Crippen molar-refractivity contribution < 1.29 is 19.2 Å². The zero-order chi connectivity index (χ0) is 21.0. The average Bonchev–Trinajstić information content (AvgIpc) is 3.37. The highest BCUT2D eigenvalue weighted by molar-refractivity contribution is 5.99. The van der Waals surface area contributed by atoms with Crippen molar-refractivity contribution in [1.82, 2.24) is 9.78 Å². The van der Waals surface area contributed by atoms with Gasteiger partial charge in [-0.25, -0.2) is 9.48 Å². The molecular weight excluding hydrogens is 378 g/mol. The lowest BCUT2D eigenvalue weighted by atomic mass is 10.1. The summed E-state index contributed by atoms with van der Waals surface area (Å²) in [6.45, 7) is 4.86. The third-order valence-electron chi connectivity index (χ3n) is 4.62. The average molecular weight is 401 g/mol. The van der Waals surface area contributed by atoms with Gasteiger partial charge < -0.3 is 15.0 Å². The lowest BCUT2D eigenvalue weighted by Gasteiger charge is -2.20. The van der Waals surface area contributed by atoms with E-state index in [4.69, 9.17) is 4.74 Å². The van der Waals surface area contributed by atoms with Gasteiger partial charge in [0.2, 0.25) is 0 Å². The number of aromatic nitrogens is 2. The monoisotopic (exact) mass is 401 g/mol. The molecule has 0 saturated carbocycles. The molecule has 0 aliphatic carbocycles. The molecule has 1 saturated heterocycles. The standard InChI is InChI=1S/C19H23N5O5/c1-13(2)23-17(7-8-20-23)21-18(25)12-29-19(26)15-11-14(24(27)28)5-6-16(15)22-9-3-4-10-22/h5-8,11,13H,3-4,9-10,12H2,1-2H3,(H,21,25). The summed E-state index contributed by atoms with van der Waals surface area (Å²) in [4.78, 5) is 37.3. The van der Waals surface area contributed by atoms with Crippen LogP contribution in [0.15, 0.2) is 30.5 Å². The van der Waals surface area contributed by atoms with E-state index in [1.54, 1.807) is 23.0 Å². The molecule has 1 amide bonds. The number of nitro groups is 1. The first kappa shape index (κ1) is 20.3. The second kappa shape index (κ2) is 8.72. The first-order valence-corrected chi connectivity index (χ1v) is 9.40. The number of anilines is 2. The quantitative estimate of drug-likeness (QED) is 0.430. The van der Waals surface area contributed by atoms with Crippen LogP contribution in [-0.2, 0) is 9.53 Å². The Morgan fingerprint density at radius 3 is 2.66 bits per heavy atom. The first-order chi connectivity index (χ1) is 13.9. The molecule has 1 aromatic carbocycles. The molecule has 0 spiro atoms. The van der Waals surface area contributed by atoms with Crippen LogP contribution in [-0.4, -0.2) is 46.3 Å². The van der Waals surface area contributed by atoms with Crippen LogP contribution in [0.25, 0.3) is 0 Å².